The average Bonchev–Trinajstić information content (AvgIpc) is 2.96. The molecule has 0 spiro atoms. The number of amides is 1. The van der Waals surface area contributed by atoms with Gasteiger partial charge in [0.2, 0.25) is 5.13 Å². The first-order chi connectivity index (χ1) is 10.6. The fraction of sp³-hybridized carbons (Fsp3) is 0. The van der Waals surface area contributed by atoms with E-state index in [9.17, 15) is 9.18 Å². The van der Waals surface area contributed by atoms with Crippen LogP contribution in [0.1, 0.15) is 10.4 Å². The highest BCUT2D eigenvalue weighted by atomic mass is 35.5. The van der Waals surface area contributed by atoms with Gasteiger partial charge in [0.15, 0.2) is 5.01 Å². The lowest BCUT2D eigenvalue weighted by Gasteiger charge is -2.00. The summed E-state index contributed by atoms with van der Waals surface area (Å²) in [5, 5.41) is 12.1. The van der Waals surface area contributed by atoms with E-state index in [-0.39, 0.29) is 5.91 Å². The van der Waals surface area contributed by atoms with Gasteiger partial charge in [0, 0.05) is 11.1 Å². The summed E-state index contributed by atoms with van der Waals surface area (Å²) in [5.41, 5.74) is 1.10. The zero-order valence-corrected chi connectivity index (χ0v) is 12.7. The van der Waals surface area contributed by atoms with E-state index >= 15 is 0 Å². The molecule has 1 amide bonds. The number of rotatable bonds is 3. The lowest BCUT2D eigenvalue weighted by atomic mass is 10.2. The van der Waals surface area contributed by atoms with Gasteiger partial charge in [-0.15, -0.1) is 10.2 Å². The van der Waals surface area contributed by atoms with Crippen LogP contribution in [0.4, 0.5) is 9.52 Å². The van der Waals surface area contributed by atoms with Crippen molar-refractivity contribution in [2.75, 3.05) is 5.32 Å². The first kappa shape index (κ1) is 14.6. The molecule has 22 heavy (non-hydrogen) atoms. The van der Waals surface area contributed by atoms with Gasteiger partial charge >= 0.3 is 0 Å². The van der Waals surface area contributed by atoms with Crippen LogP contribution in [-0.4, -0.2) is 16.1 Å². The van der Waals surface area contributed by atoms with Gasteiger partial charge in [0.05, 0.1) is 5.02 Å². The molecule has 0 aliphatic rings. The van der Waals surface area contributed by atoms with Gasteiger partial charge in [-0.2, -0.15) is 0 Å². The average molecular weight is 334 g/mol. The first-order valence-corrected chi connectivity index (χ1v) is 7.48. The molecule has 7 heteroatoms. The van der Waals surface area contributed by atoms with Gasteiger partial charge in [0.25, 0.3) is 5.91 Å². The molecule has 0 fully saturated rings. The van der Waals surface area contributed by atoms with Gasteiger partial charge in [-0.05, 0) is 30.3 Å². The molecule has 1 heterocycles. The standard InChI is InChI=1S/C15H9ClFN3OS/c16-12-4-2-1-3-11(12)14-19-20-15(22-14)18-13(21)9-5-7-10(17)8-6-9/h1-8H,(H,18,20,21). The summed E-state index contributed by atoms with van der Waals surface area (Å²) >= 11 is 7.31. The highest BCUT2D eigenvalue weighted by Gasteiger charge is 2.12. The van der Waals surface area contributed by atoms with E-state index < -0.39 is 5.82 Å². The summed E-state index contributed by atoms with van der Waals surface area (Å²) in [4.78, 5) is 12.0. The van der Waals surface area contributed by atoms with Crippen molar-refractivity contribution < 1.29 is 9.18 Å². The lowest BCUT2D eigenvalue weighted by Crippen LogP contribution is -2.11. The van der Waals surface area contributed by atoms with E-state index in [1.807, 2.05) is 18.2 Å². The zero-order valence-electron chi connectivity index (χ0n) is 11.1. The second-order valence-corrected chi connectivity index (χ2v) is 5.74. The van der Waals surface area contributed by atoms with Crippen molar-refractivity contribution in [3.63, 3.8) is 0 Å². The quantitative estimate of drug-likeness (QED) is 0.779. The van der Waals surface area contributed by atoms with E-state index in [4.69, 9.17) is 11.6 Å². The predicted molar refractivity (Wildman–Crippen MR) is 84.7 cm³/mol. The number of aromatic nitrogens is 2. The summed E-state index contributed by atoms with van der Waals surface area (Å²) in [7, 11) is 0. The van der Waals surface area contributed by atoms with Gasteiger partial charge in [-0.3, -0.25) is 10.1 Å². The highest BCUT2D eigenvalue weighted by molar-refractivity contribution is 7.18. The van der Waals surface area contributed by atoms with E-state index in [1.165, 1.54) is 35.6 Å². The third-order valence-corrected chi connectivity index (χ3v) is 4.06. The van der Waals surface area contributed by atoms with Crippen molar-refractivity contribution in [2.24, 2.45) is 0 Å². The van der Waals surface area contributed by atoms with Crippen LogP contribution in [0, 0.1) is 5.82 Å². The minimum Gasteiger partial charge on any atom is -0.296 e. The van der Waals surface area contributed by atoms with E-state index in [0.717, 1.165) is 5.56 Å². The lowest BCUT2D eigenvalue weighted by molar-refractivity contribution is 0.102. The van der Waals surface area contributed by atoms with Crippen LogP contribution in [0.15, 0.2) is 48.5 Å². The Hall–Kier alpha value is -2.31. The molecule has 0 saturated carbocycles. The Kier molecular flexibility index (Phi) is 4.13. The maximum Gasteiger partial charge on any atom is 0.257 e. The van der Waals surface area contributed by atoms with Crippen LogP contribution < -0.4 is 5.32 Å². The summed E-state index contributed by atoms with van der Waals surface area (Å²) < 4.78 is 12.8. The van der Waals surface area contributed by atoms with Crippen molar-refractivity contribution in [1.29, 1.82) is 0 Å². The Bertz CT molecular complexity index is 820. The summed E-state index contributed by atoms with van der Waals surface area (Å²) in [6.07, 6.45) is 0. The molecule has 110 valence electrons. The molecule has 0 saturated heterocycles. The van der Waals surface area contributed by atoms with Crippen LogP contribution >= 0.6 is 22.9 Å². The van der Waals surface area contributed by atoms with Crippen molar-refractivity contribution in [1.82, 2.24) is 10.2 Å². The van der Waals surface area contributed by atoms with Crippen LogP contribution in [0.5, 0.6) is 0 Å². The third-order valence-electron chi connectivity index (χ3n) is 2.86. The molecule has 1 aromatic heterocycles. The Labute approximate surface area is 134 Å². The number of carbonyl (C=O) groups is 1. The Balaban J connectivity index is 1.78. The summed E-state index contributed by atoms with van der Waals surface area (Å²) in [6, 6.07) is 12.5. The fourth-order valence-electron chi connectivity index (χ4n) is 1.79. The number of nitrogens with one attached hydrogen (secondary N) is 1. The van der Waals surface area contributed by atoms with Crippen molar-refractivity contribution in [3.05, 3.63) is 64.9 Å². The molecule has 0 aliphatic heterocycles. The second-order valence-electron chi connectivity index (χ2n) is 4.35. The van der Waals surface area contributed by atoms with Crippen LogP contribution in [0.3, 0.4) is 0 Å². The number of halogens is 2. The maximum absolute atomic E-state index is 12.8. The number of hydrogen-bond acceptors (Lipinski definition) is 4. The normalized spacial score (nSPS) is 10.5. The molecule has 0 bridgehead atoms. The third kappa shape index (κ3) is 3.13. The number of nitrogens with zero attached hydrogens (tertiary/aromatic N) is 2. The van der Waals surface area contributed by atoms with Crippen LogP contribution in [0.25, 0.3) is 10.6 Å². The largest absolute Gasteiger partial charge is 0.296 e. The Morgan fingerprint density at radius 2 is 1.82 bits per heavy atom. The second kappa shape index (κ2) is 6.21. The molecule has 3 rings (SSSR count). The van der Waals surface area contributed by atoms with E-state index in [2.05, 4.69) is 15.5 Å². The van der Waals surface area contributed by atoms with Gasteiger partial charge in [0.1, 0.15) is 5.82 Å². The fourth-order valence-corrected chi connectivity index (χ4v) is 2.85. The predicted octanol–water partition coefficient (Wildman–Crippen LogP) is 4.25. The minimum absolute atomic E-state index is 0.343. The number of hydrogen-bond donors (Lipinski definition) is 1. The van der Waals surface area contributed by atoms with Gasteiger partial charge < -0.3 is 0 Å². The molecular formula is C15H9ClFN3OS. The van der Waals surface area contributed by atoms with Gasteiger partial charge in [-0.25, -0.2) is 4.39 Å². The molecular weight excluding hydrogens is 325 g/mol. The Morgan fingerprint density at radius 3 is 2.55 bits per heavy atom. The topological polar surface area (TPSA) is 54.9 Å². The molecule has 0 atom stereocenters. The van der Waals surface area contributed by atoms with Crippen LogP contribution in [0.2, 0.25) is 5.02 Å². The number of carbonyl (C=O) groups excluding carboxylic acids is 1. The SMILES string of the molecule is O=C(Nc1nnc(-c2ccccc2Cl)s1)c1ccc(F)cc1. The zero-order chi connectivity index (χ0) is 15.5. The minimum atomic E-state index is -0.395. The van der Waals surface area contributed by atoms with E-state index in [0.29, 0.717) is 20.7 Å². The molecule has 0 aliphatic carbocycles. The Morgan fingerprint density at radius 1 is 1.09 bits per heavy atom. The number of benzene rings is 2. The molecule has 0 radical (unpaired) electrons. The monoisotopic (exact) mass is 333 g/mol. The highest BCUT2D eigenvalue weighted by Crippen LogP contribution is 2.31. The molecule has 0 unspecified atom stereocenters. The van der Waals surface area contributed by atoms with Crippen molar-refractivity contribution in [3.8, 4) is 10.6 Å². The molecule has 2 aromatic carbocycles. The number of anilines is 1. The molecule has 4 nitrogen and oxygen atoms in total. The van der Waals surface area contributed by atoms with Crippen LogP contribution in [-0.2, 0) is 0 Å². The first-order valence-electron chi connectivity index (χ1n) is 6.29. The smallest absolute Gasteiger partial charge is 0.257 e. The van der Waals surface area contributed by atoms with Gasteiger partial charge in [-0.1, -0.05) is 41.1 Å². The van der Waals surface area contributed by atoms with E-state index in [1.54, 1.807) is 6.07 Å². The maximum atomic E-state index is 12.8. The van der Waals surface area contributed by atoms with Crippen molar-refractivity contribution in [2.45, 2.75) is 0 Å². The summed E-state index contributed by atoms with van der Waals surface area (Å²) in [5.74, 6) is -0.768. The molecule has 3 aromatic rings. The molecule has 1 N–H and O–H groups in total. The van der Waals surface area contributed by atoms with Crippen molar-refractivity contribution >= 4 is 34.0 Å². The summed E-state index contributed by atoms with van der Waals surface area (Å²) in [6.45, 7) is 0.